The Kier molecular flexibility index (Phi) is 6.23. The minimum absolute atomic E-state index is 0.132. The van der Waals surface area contributed by atoms with E-state index in [0.29, 0.717) is 11.3 Å². The summed E-state index contributed by atoms with van der Waals surface area (Å²) < 4.78 is 12.1. The molecule has 4 heteroatoms. The quantitative estimate of drug-likeness (QED) is 0.513. The second kappa shape index (κ2) is 8.09. The third kappa shape index (κ3) is 6.45. The van der Waals surface area contributed by atoms with Crippen molar-refractivity contribution in [3.63, 3.8) is 0 Å². The Morgan fingerprint density at radius 3 is 2.04 bits per heavy atom. The Balaban J connectivity index is 2.40. The van der Waals surface area contributed by atoms with Crippen LogP contribution in [0.5, 0.6) is 17.2 Å². The van der Waals surface area contributed by atoms with Gasteiger partial charge in [0.15, 0.2) is 5.78 Å². The molecule has 28 heavy (non-hydrogen) atoms. The highest BCUT2D eigenvalue weighted by atomic mass is 16.5. The van der Waals surface area contributed by atoms with Crippen molar-refractivity contribution in [2.45, 2.75) is 59.7 Å². The number of benzene rings is 2. The average Bonchev–Trinajstić information content (AvgIpc) is 2.54. The summed E-state index contributed by atoms with van der Waals surface area (Å²) in [5, 5.41) is 9.37. The zero-order valence-electron chi connectivity index (χ0n) is 17.8. The number of phenols is 1. The van der Waals surface area contributed by atoms with Gasteiger partial charge in [-0.3, -0.25) is 4.79 Å². The van der Waals surface area contributed by atoms with Gasteiger partial charge in [-0.15, -0.1) is 0 Å². The molecule has 2 aromatic carbocycles. The molecule has 1 N–H and O–H groups in total. The number of rotatable bonds is 5. The van der Waals surface area contributed by atoms with Crippen LogP contribution in [0.1, 0.15) is 63.0 Å². The van der Waals surface area contributed by atoms with Crippen LogP contribution in [0.3, 0.4) is 0 Å². The first-order valence-electron chi connectivity index (χ1n) is 9.38. The van der Waals surface area contributed by atoms with Crippen LogP contribution < -0.4 is 9.47 Å². The molecule has 0 atom stereocenters. The van der Waals surface area contributed by atoms with Crippen LogP contribution in [-0.4, -0.2) is 22.1 Å². The smallest absolute Gasteiger partial charge is 0.185 e. The molecule has 0 heterocycles. The summed E-state index contributed by atoms with van der Waals surface area (Å²) >= 11 is 0. The van der Waals surface area contributed by atoms with Gasteiger partial charge < -0.3 is 14.6 Å². The molecule has 0 fully saturated rings. The van der Waals surface area contributed by atoms with Crippen molar-refractivity contribution >= 4 is 11.9 Å². The molecular weight excluding hydrogens is 352 g/mol. The Morgan fingerprint density at radius 1 is 0.929 bits per heavy atom. The zero-order valence-corrected chi connectivity index (χ0v) is 17.8. The largest absolute Gasteiger partial charge is 0.508 e. The number of allylic oxidation sites excluding steroid dienone is 1. The molecule has 0 bridgehead atoms. The van der Waals surface area contributed by atoms with Gasteiger partial charge in [0.2, 0.25) is 0 Å². The van der Waals surface area contributed by atoms with E-state index in [1.165, 1.54) is 18.2 Å². The summed E-state index contributed by atoms with van der Waals surface area (Å²) in [5.41, 5.74) is 1.60. The van der Waals surface area contributed by atoms with Crippen LogP contribution in [0.15, 0.2) is 42.5 Å². The van der Waals surface area contributed by atoms with Crippen molar-refractivity contribution in [3.05, 3.63) is 59.2 Å². The van der Waals surface area contributed by atoms with Crippen LogP contribution >= 0.6 is 0 Å². The number of carbonyl (C=O) groups is 1. The maximum atomic E-state index is 12.4. The molecule has 0 spiro atoms. The molecule has 0 aliphatic rings. The molecule has 0 aliphatic heterocycles. The Morgan fingerprint density at radius 2 is 1.50 bits per heavy atom. The zero-order chi connectivity index (χ0) is 21.1. The summed E-state index contributed by atoms with van der Waals surface area (Å²) in [5.74, 6) is 1.41. The molecule has 0 radical (unpaired) electrons. The van der Waals surface area contributed by atoms with Gasteiger partial charge in [-0.1, -0.05) is 6.08 Å². The van der Waals surface area contributed by atoms with Gasteiger partial charge in [-0.2, -0.15) is 0 Å². The number of hydrogen-bond donors (Lipinski definition) is 1. The summed E-state index contributed by atoms with van der Waals surface area (Å²) in [7, 11) is 0. The lowest BCUT2D eigenvalue weighted by atomic mass is 10.0. The van der Waals surface area contributed by atoms with E-state index in [1.54, 1.807) is 18.2 Å². The molecule has 0 unspecified atom stereocenters. The molecule has 2 rings (SSSR count). The molecular formula is C24H30O4. The number of hydrogen-bond acceptors (Lipinski definition) is 4. The topological polar surface area (TPSA) is 55.8 Å². The van der Waals surface area contributed by atoms with Crippen molar-refractivity contribution in [2.75, 3.05) is 0 Å². The third-order valence-corrected chi connectivity index (χ3v) is 3.78. The Bertz CT molecular complexity index is 863. The lowest BCUT2D eigenvalue weighted by Gasteiger charge is -2.26. The number of ketones is 1. The fourth-order valence-corrected chi connectivity index (χ4v) is 2.59. The molecule has 0 saturated carbocycles. The van der Waals surface area contributed by atoms with Crippen LogP contribution in [-0.2, 0) is 0 Å². The summed E-state index contributed by atoms with van der Waals surface area (Å²) in [4.78, 5) is 12.4. The van der Waals surface area contributed by atoms with Crippen LogP contribution in [0.4, 0.5) is 0 Å². The average molecular weight is 383 g/mol. The van der Waals surface area contributed by atoms with Crippen molar-refractivity contribution in [1.82, 2.24) is 0 Å². The van der Waals surface area contributed by atoms with E-state index in [4.69, 9.17) is 9.47 Å². The Labute approximate surface area is 167 Å². The van der Waals surface area contributed by atoms with Gasteiger partial charge in [-0.05, 0) is 96.0 Å². The SMILES string of the molecule is Cc1c(C=CC(=O)c2ccc(O)cc2)cc(OC(C)(C)C)cc1OC(C)(C)C. The van der Waals surface area contributed by atoms with Crippen LogP contribution in [0, 0.1) is 6.92 Å². The maximum absolute atomic E-state index is 12.4. The van der Waals surface area contributed by atoms with Gasteiger partial charge >= 0.3 is 0 Å². The lowest BCUT2D eigenvalue weighted by Crippen LogP contribution is -2.25. The molecule has 0 amide bonds. The monoisotopic (exact) mass is 382 g/mol. The first-order chi connectivity index (χ1) is 12.8. The first kappa shape index (κ1) is 21.5. The highest BCUT2D eigenvalue weighted by molar-refractivity contribution is 6.07. The number of ether oxygens (including phenoxy) is 2. The van der Waals surface area contributed by atoms with Gasteiger partial charge in [0, 0.05) is 11.6 Å². The minimum atomic E-state index is -0.353. The van der Waals surface area contributed by atoms with E-state index in [1.807, 2.05) is 60.6 Å². The van der Waals surface area contributed by atoms with Crippen molar-refractivity contribution < 1.29 is 19.4 Å². The van der Waals surface area contributed by atoms with Crippen LogP contribution in [0.25, 0.3) is 6.08 Å². The first-order valence-corrected chi connectivity index (χ1v) is 9.38. The van der Waals surface area contributed by atoms with E-state index < -0.39 is 0 Å². The lowest BCUT2D eigenvalue weighted by molar-refractivity contribution is 0.104. The van der Waals surface area contributed by atoms with Gasteiger partial charge in [0.1, 0.15) is 28.5 Å². The van der Waals surface area contributed by atoms with Crippen molar-refractivity contribution in [3.8, 4) is 17.2 Å². The normalized spacial score (nSPS) is 12.2. The Hall–Kier alpha value is -2.75. The maximum Gasteiger partial charge on any atom is 0.185 e. The van der Waals surface area contributed by atoms with E-state index in [2.05, 4.69) is 0 Å². The van der Waals surface area contributed by atoms with Crippen molar-refractivity contribution in [2.24, 2.45) is 0 Å². The fraction of sp³-hybridized carbons (Fsp3) is 0.375. The molecule has 0 aromatic heterocycles. The number of carbonyl (C=O) groups excluding carboxylic acids is 1. The molecule has 2 aromatic rings. The minimum Gasteiger partial charge on any atom is -0.508 e. The van der Waals surface area contributed by atoms with E-state index in [0.717, 1.165) is 16.9 Å². The predicted octanol–water partition coefficient (Wildman–Crippen LogP) is 5.95. The standard InChI is InChI=1S/C24H30O4/c1-16-18(10-13-21(26)17-8-11-19(25)12-9-17)14-20(27-23(2,3)4)15-22(16)28-24(5,6)7/h8-15,25H,1-7H3. The van der Waals surface area contributed by atoms with Gasteiger partial charge in [-0.25, -0.2) is 0 Å². The van der Waals surface area contributed by atoms with Crippen LogP contribution in [0.2, 0.25) is 0 Å². The summed E-state index contributed by atoms with van der Waals surface area (Å²) in [6.45, 7) is 13.9. The highest BCUT2D eigenvalue weighted by Gasteiger charge is 2.18. The summed E-state index contributed by atoms with van der Waals surface area (Å²) in [6, 6.07) is 10.0. The van der Waals surface area contributed by atoms with E-state index in [-0.39, 0.29) is 22.7 Å². The summed E-state index contributed by atoms with van der Waals surface area (Å²) in [6.07, 6.45) is 3.30. The molecule has 150 valence electrons. The third-order valence-electron chi connectivity index (χ3n) is 3.78. The van der Waals surface area contributed by atoms with Crippen molar-refractivity contribution in [1.29, 1.82) is 0 Å². The predicted molar refractivity (Wildman–Crippen MR) is 113 cm³/mol. The second-order valence-corrected chi connectivity index (χ2v) is 8.81. The molecule has 0 saturated heterocycles. The molecule has 0 aliphatic carbocycles. The van der Waals surface area contributed by atoms with Gasteiger partial charge in [0.05, 0.1) is 0 Å². The van der Waals surface area contributed by atoms with Gasteiger partial charge in [0.25, 0.3) is 0 Å². The number of aromatic hydroxyl groups is 1. The number of phenolic OH excluding ortho intramolecular Hbond substituents is 1. The van der Waals surface area contributed by atoms with E-state index in [9.17, 15) is 9.90 Å². The van der Waals surface area contributed by atoms with E-state index >= 15 is 0 Å². The highest BCUT2D eigenvalue weighted by Crippen LogP contribution is 2.33. The second-order valence-electron chi connectivity index (χ2n) is 8.81. The fourth-order valence-electron chi connectivity index (χ4n) is 2.59. The molecule has 4 nitrogen and oxygen atoms in total.